The third-order valence-corrected chi connectivity index (χ3v) is 6.88. The summed E-state index contributed by atoms with van der Waals surface area (Å²) < 4.78 is 12.6. The number of rotatable bonds is 6. The summed E-state index contributed by atoms with van der Waals surface area (Å²) in [6, 6.07) is 1.98. The van der Waals surface area contributed by atoms with Crippen molar-refractivity contribution in [3.05, 3.63) is 21.9 Å². The lowest BCUT2D eigenvalue weighted by Gasteiger charge is -2.34. The minimum absolute atomic E-state index is 0.0657. The second-order valence-electron chi connectivity index (χ2n) is 6.02. The van der Waals surface area contributed by atoms with Gasteiger partial charge >= 0.3 is 5.97 Å². The minimum Gasteiger partial charge on any atom is -0.462 e. The molecule has 1 aliphatic heterocycles. The average Bonchev–Trinajstić information content (AvgIpc) is 3.22. The summed E-state index contributed by atoms with van der Waals surface area (Å²) in [6.07, 6.45) is 1.25. The monoisotopic (exact) mass is 382 g/mol. The number of hydrogen-bond acceptors (Lipinski definition) is 7. The highest BCUT2D eigenvalue weighted by Gasteiger charge is 2.38. The molecule has 1 amide bonds. The number of esters is 1. The molecular formula is C17H22N2O4S2. The Labute approximate surface area is 154 Å². The Balaban J connectivity index is 1.80. The van der Waals surface area contributed by atoms with Gasteiger partial charge in [0.25, 0.3) is 0 Å². The standard InChI is InChI=1S/C17H22N2O4S2/c1-2-23-15(20)14-11(13-12(25-14)3-8-24-13)9-19-16(21)17(10-18)4-6-22-7-5-17/h3,8H,2,4-7,9-10,18H2,1H3,(H,19,21). The zero-order valence-electron chi connectivity index (χ0n) is 14.1. The maximum Gasteiger partial charge on any atom is 0.348 e. The van der Waals surface area contributed by atoms with E-state index in [1.807, 2.05) is 11.4 Å². The van der Waals surface area contributed by atoms with E-state index in [4.69, 9.17) is 15.2 Å². The smallest absolute Gasteiger partial charge is 0.348 e. The van der Waals surface area contributed by atoms with Crippen LogP contribution >= 0.6 is 22.7 Å². The molecule has 3 N–H and O–H groups in total. The quantitative estimate of drug-likeness (QED) is 0.749. The predicted molar refractivity (Wildman–Crippen MR) is 99.0 cm³/mol. The van der Waals surface area contributed by atoms with Gasteiger partial charge in [0.2, 0.25) is 5.91 Å². The van der Waals surface area contributed by atoms with Gasteiger partial charge in [0, 0.05) is 36.6 Å². The van der Waals surface area contributed by atoms with Crippen molar-refractivity contribution in [1.82, 2.24) is 5.32 Å². The van der Waals surface area contributed by atoms with Gasteiger partial charge in [-0.25, -0.2) is 4.79 Å². The molecule has 3 heterocycles. The topological polar surface area (TPSA) is 90.7 Å². The molecule has 0 atom stereocenters. The number of thiophene rings is 2. The van der Waals surface area contributed by atoms with E-state index in [1.165, 1.54) is 11.3 Å². The molecule has 0 aliphatic carbocycles. The van der Waals surface area contributed by atoms with Crippen LogP contribution in [0, 0.1) is 5.41 Å². The second kappa shape index (κ2) is 7.82. The Morgan fingerprint density at radius 3 is 2.84 bits per heavy atom. The first-order valence-electron chi connectivity index (χ1n) is 8.33. The molecule has 0 radical (unpaired) electrons. The summed E-state index contributed by atoms with van der Waals surface area (Å²) in [5, 5.41) is 4.98. The van der Waals surface area contributed by atoms with Crippen LogP contribution in [0.2, 0.25) is 0 Å². The molecule has 25 heavy (non-hydrogen) atoms. The van der Waals surface area contributed by atoms with Crippen molar-refractivity contribution in [1.29, 1.82) is 0 Å². The van der Waals surface area contributed by atoms with E-state index < -0.39 is 5.41 Å². The van der Waals surface area contributed by atoms with E-state index in [0.29, 0.717) is 50.6 Å². The third kappa shape index (κ3) is 3.57. The third-order valence-electron chi connectivity index (χ3n) is 4.60. The zero-order chi connectivity index (χ0) is 17.9. The molecule has 2 aromatic heterocycles. The SMILES string of the molecule is CCOC(=O)c1sc2ccsc2c1CNC(=O)C1(CN)CCOCC1. The molecule has 136 valence electrons. The first-order chi connectivity index (χ1) is 12.1. The van der Waals surface area contributed by atoms with Crippen molar-refractivity contribution in [2.75, 3.05) is 26.4 Å². The van der Waals surface area contributed by atoms with Gasteiger partial charge in [-0.05, 0) is 31.2 Å². The highest BCUT2D eigenvalue weighted by Crippen LogP contribution is 2.36. The maximum atomic E-state index is 12.8. The highest BCUT2D eigenvalue weighted by molar-refractivity contribution is 7.28. The first-order valence-corrected chi connectivity index (χ1v) is 10.0. The van der Waals surface area contributed by atoms with Gasteiger partial charge in [-0.2, -0.15) is 0 Å². The Hall–Kier alpha value is -1.48. The Bertz CT molecular complexity index is 762. The van der Waals surface area contributed by atoms with Crippen LogP contribution in [0.1, 0.15) is 35.0 Å². The summed E-state index contributed by atoms with van der Waals surface area (Å²) in [5.41, 5.74) is 6.15. The molecule has 0 aromatic carbocycles. The van der Waals surface area contributed by atoms with Crippen LogP contribution in [0.5, 0.6) is 0 Å². The Morgan fingerprint density at radius 1 is 1.40 bits per heavy atom. The number of nitrogens with two attached hydrogens (primary N) is 1. The molecule has 0 saturated carbocycles. The molecular weight excluding hydrogens is 360 g/mol. The van der Waals surface area contributed by atoms with Gasteiger partial charge in [-0.1, -0.05) is 0 Å². The lowest BCUT2D eigenvalue weighted by molar-refractivity contribution is -0.136. The number of fused-ring (bicyclic) bond motifs is 1. The van der Waals surface area contributed by atoms with E-state index in [2.05, 4.69) is 5.32 Å². The number of ether oxygens (including phenoxy) is 2. The summed E-state index contributed by atoms with van der Waals surface area (Å²) >= 11 is 2.98. The largest absolute Gasteiger partial charge is 0.462 e. The van der Waals surface area contributed by atoms with E-state index in [-0.39, 0.29) is 11.9 Å². The summed E-state index contributed by atoms with van der Waals surface area (Å²) in [4.78, 5) is 25.6. The van der Waals surface area contributed by atoms with Crippen LogP contribution in [0.4, 0.5) is 0 Å². The first kappa shape index (κ1) is 18.3. The molecule has 3 rings (SSSR count). The van der Waals surface area contributed by atoms with Gasteiger partial charge < -0.3 is 20.5 Å². The van der Waals surface area contributed by atoms with Crippen molar-refractivity contribution in [2.24, 2.45) is 11.1 Å². The fraction of sp³-hybridized carbons (Fsp3) is 0.529. The molecule has 1 aliphatic rings. The van der Waals surface area contributed by atoms with E-state index in [1.54, 1.807) is 18.3 Å². The van der Waals surface area contributed by atoms with E-state index in [0.717, 1.165) is 15.0 Å². The lowest BCUT2D eigenvalue weighted by Crippen LogP contribution is -2.49. The van der Waals surface area contributed by atoms with Crippen LogP contribution < -0.4 is 11.1 Å². The average molecular weight is 383 g/mol. The molecule has 1 fully saturated rings. The van der Waals surface area contributed by atoms with Crippen molar-refractivity contribution in [3.63, 3.8) is 0 Å². The van der Waals surface area contributed by atoms with Gasteiger partial charge in [0.1, 0.15) is 4.88 Å². The van der Waals surface area contributed by atoms with Crippen molar-refractivity contribution in [2.45, 2.75) is 26.3 Å². The predicted octanol–water partition coefficient (Wildman–Crippen LogP) is 2.51. The molecule has 0 bridgehead atoms. The number of hydrogen-bond donors (Lipinski definition) is 2. The van der Waals surface area contributed by atoms with Crippen LogP contribution in [0.3, 0.4) is 0 Å². The number of nitrogens with one attached hydrogen (secondary N) is 1. The normalized spacial score (nSPS) is 16.7. The van der Waals surface area contributed by atoms with Crippen LogP contribution in [0.25, 0.3) is 9.40 Å². The van der Waals surface area contributed by atoms with E-state index >= 15 is 0 Å². The molecule has 2 aromatic rings. The van der Waals surface area contributed by atoms with Crippen LogP contribution in [-0.4, -0.2) is 38.2 Å². The van der Waals surface area contributed by atoms with E-state index in [9.17, 15) is 9.59 Å². The zero-order valence-corrected chi connectivity index (χ0v) is 15.8. The second-order valence-corrected chi connectivity index (χ2v) is 7.99. The summed E-state index contributed by atoms with van der Waals surface area (Å²) in [5.74, 6) is -0.399. The van der Waals surface area contributed by atoms with Crippen LogP contribution in [-0.2, 0) is 20.8 Å². The molecule has 8 heteroatoms. The van der Waals surface area contributed by atoms with Crippen molar-refractivity contribution in [3.8, 4) is 0 Å². The highest BCUT2D eigenvalue weighted by atomic mass is 32.1. The fourth-order valence-electron chi connectivity index (χ4n) is 3.04. The Kier molecular flexibility index (Phi) is 5.73. The van der Waals surface area contributed by atoms with Gasteiger partial charge in [0.15, 0.2) is 0 Å². The molecule has 6 nitrogen and oxygen atoms in total. The van der Waals surface area contributed by atoms with Crippen molar-refractivity contribution < 1.29 is 19.1 Å². The number of carbonyl (C=O) groups is 2. The van der Waals surface area contributed by atoms with Gasteiger partial charge in [0.05, 0.1) is 16.7 Å². The lowest BCUT2D eigenvalue weighted by atomic mass is 9.79. The Morgan fingerprint density at radius 2 is 2.16 bits per heavy atom. The summed E-state index contributed by atoms with van der Waals surface area (Å²) in [6.45, 7) is 3.80. The number of amides is 1. The van der Waals surface area contributed by atoms with Gasteiger partial charge in [-0.15, -0.1) is 22.7 Å². The summed E-state index contributed by atoms with van der Waals surface area (Å²) in [7, 11) is 0. The molecule has 1 saturated heterocycles. The minimum atomic E-state index is -0.576. The molecule has 0 unspecified atom stereocenters. The molecule has 0 spiro atoms. The number of carbonyl (C=O) groups excluding carboxylic acids is 2. The van der Waals surface area contributed by atoms with Crippen molar-refractivity contribution >= 4 is 43.9 Å². The van der Waals surface area contributed by atoms with Crippen LogP contribution in [0.15, 0.2) is 11.4 Å². The fourth-order valence-corrected chi connectivity index (χ4v) is 5.31. The van der Waals surface area contributed by atoms with Gasteiger partial charge in [-0.3, -0.25) is 4.79 Å². The maximum absolute atomic E-state index is 12.8.